The van der Waals surface area contributed by atoms with Crippen LogP contribution in [0.1, 0.15) is 24.5 Å². The van der Waals surface area contributed by atoms with Crippen LogP contribution in [0.2, 0.25) is 0 Å². The monoisotopic (exact) mass is 323 g/mol. The highest BCUT2D eigenvalue weighted by Gasteiger charge is 2.12. The van der Waals surface area contributed by atoms with Crippen molar-refractivity contribution in [1.29, 1.82) is 0 Å². The predicted octanol–water partition coefficient (Wildman–Crippen LogP) is 4.71. The van der Waals surface area contributed by atoms with E-state index in [9.17, 15) is 4.79 Å². The zero-order valence-electron chi connectivity index (χ0n) is 14.0. The second kappa shape index (κ2) is 7.21. The SMILES string of the molecule is CCCOc1ccccc1NC(=O)Cc1coc2cc(C)ccc12. The molecule has 3 aromatic rings. The Hall–Kier alpha value is -2.75. The molecule has 0 unspecified atom stereocenters. The molecule has 1 N–H and O–H groups in total. The van der Waals surface area contributed by atoms with E-state index in [1.54, 1.807) is 6.26 Å². The number of aryl methyl sites for hydroxylation is 1. The van der Waals surface area contributed by atoms with Crippen LogP contribution in [0.15, 0.2) is 53.1 Å². The van der Waals surface area contributed by atoms with Crippen molar-refractivity contribution in [2.45, 2.75) is 26.7 Å². The number of rotatable bonds is 6. The van der Waals surface area contributed by atoms with Gasteiger partial charge in [-0.25, -0.2) is 0 Å². The van der Waals surface area contributed by atoms with E-state index >= 15 is 0 Å². The Balaban J connectivity index is 1.73. The van der Waals surface area contributed by atoms with Crippen molar-refractivity contribution in [3.63, 3.8) is 0 Å². The van der Waals surface area contributed by atoms with Gasteiger partial charge in [-0.05, 0) is 37.1 Å². The van der Waals surface area contributed by atoms with Crippen LogP contribution < -0.4 is 10.1 Å². The van der Waals surface area contributed by atoms with E-state index in [0.717, 1.165) is 28.5 Å². The third-order valence-electron chi connectivity index (χ3n) is 3.79. The zero-order valence-corrected chi connectivity index (χ0v) is 14.0. The Morgan fingerprint density at radius 1 is 1.21 bits per heavy atom. The van der Waals surface area contributed by atoms with E-state index < -0.39 is 0 Å². The van der Waals surface area contributed by atoms with Gasteiger partial charge in [0.2, 0.25) is 5.91 Å². The molecule has 2 aromatic carbocycles. The minimum Gasteiger partial charge on any atom is -0.491 e. The molecule has 4 nitrogen and oxygen atoms in total. The maximum Gasteiger partial charge on any atom is 0.229 e. The number of benzene rings is 2. The first-order valence-corrected chi connectivity index (χ1v) is 8.16. The fraction of sp³-hybridized carbons (Fsp3) is 0.250. The average molecular weight is 323 g/mol. The number of para-hydroxylation sites is 2. The maximum absolute atomic E-state index is 12.4. The predicted molar refractivity (Wildman–Crippen MR) is 95.5 cm³/mol. The lowest BCUT2D eigenvalue weighted by molar-refractivity contribution is -0.115. The molecule has 0 aliphatic rings. The molecular weight excluding hydrogens is 302 g/mol. The number of nitrogens with one attached hydrogen (secondary N) is 1. The molecule has 0 saturated heterocycles. The van der Waals surface area contributed by atoms with Gasteiger partial charge >= 0.3 is 0 Å². The summed E-state index contributed by atoms with van der Waals surface area (Å²) in [6.07, 6.45) is 2.84. The van der Waals surface area contributed by atoms with E-state index in [1.807, 2.05) is 56.3 Å². The molecule has 0 bridgehead atoms. The van der Waals surface area contributed by atoms with Crippen molar-refractivity contribution < 1.29 is 13.9 Å². The van der Waals surface area contributed by atoms with Gasteiger partial charge in [0, 0.05) is 10.9 Å². The van der Waals surface area contributed by atoms with Gasteiger partial charge < -0.3 is 14.5 Å². The molecule has 0 aliphatic heterocycles. The fourth-order valence-corrected chi connectivity index (χ4v) is 2.60. The number of anilines is 1. The lowest BCUT2D eigenvalue weighted by atomic mass is 10.1. The quantitative estimate of drug-likeness (QED) is 0.714. The van der Waals surface area contributed by atoms with Gasteiger partial charge in [0.25, 0.3) is 0 Å². The molecule has 0 saturated carbocycles. The van der Waals surface area contributed by atoms with Gasteiger partial charge in [-0.15, -0.1) is 0 Å². The van der Waals surface area contributed by atoms with Crippen LogP contribution in [0.3, 0.4) is 0 Å². The summed E-state index contributed by atoms with van der Waals surface area (Å²) in [5.41, 5.74) is 3.52. The van der Waals surface area contributed by atoms with Crippen molar-refractivity contribution >= 4 is 22.6 Å². The summed E-state index contributed by atoms with van der Waals surface area (Å²) >= 11 is 0. The molecule has 124 valence electrons. The lowest BCUT2D eigenvalue weighted by Crippen LogP contribution is -2.15. The molecule has 0 fully saturated rings. The second-order valence-corrected chi connectivity index (χ2v) is 5.83. The average Bonchev–Trinajstić information content (AvgIpc) is 2.96. The summed E-state index contributed by atoms with van der Waals surface area (Å²) in [6, 6.07) is 13.5. The van der Waals surface area contributed by atoms with E-state index in [0.29, 0.717) is 18.0 Å². The lowest BCUT2D eigenvalue weighted by Gasteiger charge is -2.11. The molecule has 1 amide bonds. The number of amides is 1. The van der Waals surface area contributed by atoms with Crippen molar-refractivity contribution in [3.8, 4) is 5.75 Å². The first kappa shape index (κ1) is 16.1. The standard InChI is InChI=1S/C20H21NO3/c1-3-10-23-18-7-5-4-6-17(18)21-20(22)12-15-13-24-19-11-14(2)8-9-16(15)19/h4-9,11,13H,3,10,12H2,1-2H3,(H,21,22). The number of carbonyl (C=O) groups excluding carboxylic acids is 1. The number of carbonyl (C=O) groups is 1. The Bertz CT molecular complexity index is 851. The number of furan rings is 1. The Kier molecular flexibility index (Phi) is 4.85. The number of hydrogen-bond acceptors (Lipinski definition) is 3. The number of fused-ring (bicyclic) bond motifs is 1. The Morgan fingerprint density at radius 2 is 2.04 bits per heavy atom. The van der Waals surface area contributed by atoms with Gasteiger partial charge in [0.05, 0.1) is 25.0 Å². The van der Waals surface area contributed by atoms with Crippen molar-refractivity contribution in [1.82, 2.24) is 0 Å². The molecule has 1 heterocycles. The van der Waals surface area contributed by atoms with Gasteiger partial charge in [-0.2, -0.15) is 0 Å². The third-order valence-corrected chi connectivity index (χ3v) is 3.79. The first-order chi connectivity index (χ1) is 11.7. The molecule has 0 aliphatic carbocycles. The van der Waals surface area contributed by atoms with Crippen LogP contribution in [-0.4, -0.2) is 12.5 Å². The maximum atomic E-state index is 12.4. The van der Waals surface area contributed by atoms with E-state index in [4.69, 9.17) is 9.15 Å². The van der Waals surface area contributed by atoms with Gasteiger partial charge in [-0.3, -0.25) is 4.79 Å². The van der Waals surface area contributed by atoms with Crippen LogP contribution in [0.4, 0.5) is 5.69 Å². The highest BCUT2D eigenvalue weighted by molar-refractivity contribution is 5.96. The largest absolute Gasteiger partial charge is 0.491 e. The fourth-order valence-electron chi connectivity index (χ4n) is 2.60. The first-order valence-electron chi connectivity index (χ1n) is 8.16. The van der Waals surface area contributed by atoms with Crippen LogP contribution in [0.5, 0.6) is 5.75 Å². The molecule has 0 radical (unpaired) electrons. The van der Waals surface area contributed by atoms with Gasteiger partial charge in [-0.1, -0.05) is 31.2 Å². The summed E-state index contributed by atoms with van der Waals surface area (Å²) in [5, 5.41) is 3.91. The van der Waals surface area contributed by atoms with Crippen molar-refractivity contribution in [3.05, 3.63) is 59.9 Å². The zero-order chi connectivity index (χ0) is 16.9. The summed E-state index contributed by atoms with van der Waals surface area (Å²) in [6.45, 7) is 4.69. The van der Waals surface area contributed by atoms with Crippen molar-refractivity contribution in [2.75, 3.05) is 11.9 Å². The van der Waals surface area contributed by atoms with Crippen LogP contribution in [0, 0.1) is 6.92 Å². The highest BCUT2D eigenvalue weighted by atomic mass is 16.5. The number of ether oxygens (including phenoxy) is 1. The molecule has 0 spiro atoms. The van der Waals surface area contributed by atoms with Crippen LogP contribution in [-0.2, 0) is 11.2 Å². The second-order valence-electron chi connectivity index (χ2n) is 5.83. The van der Waals surface area contributed by atoms with E-state index in [-0.39, 0.29) is 12.3 Å². The third kappa shape index (κ3) is 3.59. The highest BCUT2D eigenvalue weighted by Crippen LogP contribution is 2.26. The molecular formula is C20H21NO3. The summed E-state index contributed by atoms with van der Waals surface area (Å²) in [4.78, 5) is 12.4. The minimum atomic E-state index is -0.0918. The summed E-state index contributed by atoms with van der Waals surface area (Å²) < 4.78 is 11.2. The molecule has 1 aromatic heterocycles. The topological polar surface area (TPSA) is 51.5 Å². The van der Waals surface area contributed by atoms with Gasteiger partial charge in [0.15, 0.2) is 0 Å². The molecule has 3 rings (SSSR count). The summed E-state index contributed by atoms with van der Waals surface area (Å²) in [5.74, 6) is 0.603. The summed E-state index contributed by atoms with van der Waals surface area (Å²) in [7, 11) is 0. The van der Waals surface area contributed by atoms with Gasteiger partial charge in [0.1, 0.15) is 11.3 Å². The van der Waals surface area contributed by atoms with E-state index in [2.05, 4.69) is 5.32 Å². The van der Waals surface area contributed by atoms with Crippen molar-refractivity contribution in [2.24, 2.45) is 0 Å². The molecule has 4 heteroatoms. The molecule has 0 atom stereocenters. The van der Waals surface area contributed by atoms with Crippen LogP contribution >= 0.6 is 0 Å². The smallest absolute Gasteiger partial charge is 0.229 e. The number of hydrogen-bond donors (Lipinski definition) is 1. The molecule has 24 heavy (non-hydrogen) atoms. The van der Waals surface area contributed by atoms with E-state index in [1.165, 1.54) is 0 Å². The minimum absolute atomic E-state index is 0.0918. The Morgan fingerprint density at radius 3 is 2.88 bits per heavy atom. The normalized spacial score (nSPS) is 10.8. The Labute approximate surface area is 141 Å². The van der Waals surface area contributed by atoms with Crippen LogP contribution in [0.25, 0.3) is 11.0 Å².